The lowest BCUT2D eigenvalue weighted by Crippen LogP contribution is -2.33. The Bertz CT molecular complexity index is 563. The van der Waals surface area contributed by atoms with E-state index >= 15 is 0 Å². The van der Waals surface area contributed by atoms with E-state index in [1.54, 1.807) is 18.2 Å². The standard InChI is InChI=1S/C16H14Cl2F2/c17-10-16(11-18,13-2-1-3-15(20)8-13)9-12-4-6-14(19)7-5-12/h1-8H,9-11H2. The highest BCUT2D eigenvalue weighted by Crippen LogP contribution is 2.32. The second-order valence-corrected chi connectivity index (χ2v) is 5.40. The summed E-state index contributed by atoms with van der Waals surface area (Å²) in [6.45, 7) is 0. The number of rotatable bonds is 5. The molecule has 0 radical (unpaired) electrons. The van der Waals surface area contributed by atoms with E-state index in [4.69, 9.17) is 23.2 Å². The number of hydrogen-bond donors (Lipinski definition) is 0. The Balaban J connectivity index is 2.36. The summed E-state index contributed by atoms with van der Waals surface area (Å²) in [4.78, 5) is 0. The molecule has 20 heavy (non-hydrogen) atoms. The second-order valence-electron chi connectivity index (χ2n) is 4.86. The largest absolute Gasteiger partial charge is 0.207 e. The minimum absolute atomic E-state index is 0.261. The zero-order valence-electron chi connectivity index (χ0n) is 10.8. The second kappa shape index (κ2) is 6.55. The van der Waals surface area contributed by atoms with Crippen LogP contribution in [0, 0.1) is 11.6 Å². The van der Waals surface area contributed by atoms with E-state index in [0.717, 1.165) is 11.1 Å². The van der Waals surface area contributed by atoms with Crippen LogP contribution in [0.1, 0.15) is 11.1 Å². The van der Waals surface area contributed by atoms with Gasteiger partial charge in [0, 0.05) is 17.2 Å². The van der Waals surface area contributed by atoms with Crippen molar-refractivity contribution in [2.75, 3.05) is 11.8 Å². The number of hydrogen-bond acceptors (Lipinski definition) is 0. The minimum Gasteiger partial charge on any atom is -0.207 e. The van der Waals surface area contributed by atoms with Crippen molar-refractivity contribution in [3.8, 4) is 0 Å². The van der Waals surface area contributed by atoms with E-state index in [1.165, 1.54) is 24.3 Å². The predicted molar refractivity (Wildman–Crippen MR) is 79.6 cm³/mol. The first-order chi connectivity index (χ1) is 9.59. The van der Waals surface area contributed by atoms with Crippen LogP contribution in [0.15, 0.2) is 48.5 Å². The van der Waals surface area contributed by atoms with Gasteiger partial charge in [-0.1, -0.05) is 24.3 Å². The van der Waals surface area contributed by atoms with E-state index in [2.05, 4.69) is 0 Å². The fourth-order valence-corrected chi connectivity index (χ4v) is 2.98. The molecule has 2 aromatic rings. The van der Waals surface area contributed by atoms with Gasteiger partial charge in [0.05, 0.1) is 0 Å². The SMILES string of the molecule is Fc1ccc(CC(CCl)(CCl)c2cccc(F)c2)cc1. The van der Waals surface area contributed by atoms with Crippen molar-refractivity contribution in [3.63, 3.8) is 0 Å². The van der Waals surface area contributed by atoms with Gasteiger partial charge in [-0.3, -0.25) is 0 Å². The molecular weight excluding hydrogens is 301 g/mol. The molecule has 0 aliphatic heterocycles. The first-order valence-corrected chi connectivity index (χ1v) is 7.29. The van der Waals surface area contributed by atoms with E-state index in [1.807, 2.05) is 6.07 Å². The lowest BCUT2D eigenvalue weighted by Gasteiger charge is -2.30. The van der Waals surface area contributed by atoms with Crippen molar-refractivity contribution in [3.05, 3.63) is 71.3 Å². The molecule has 0 saturated heterocycles. The number of benzene rings is 2. The zero-order valence-corrected chi connectivity index (χ0v) is 12.3. The molecule has 0 atom stereocenters. The Labute approximate surface area is 127 Å². The third kappa shape index (κ3) is 3.31. The Morgan fingerprint density at radius 1 is 0.850 bits per heavy atom. The molecular formula is C16H14Cl2F2. The molecule has 0 nitrogen and oxygen atoms in total. The van der Waals surface area contributed by atoms with Crippen LogP contribution >= 0.6 is 23.2 Å². The maximum Gasteiger partial charge on any atom is 0.123 e. The molecule has 0 N–H and O–H groups in total. The van der Waals surface area contributed by atoms with Crippen LogP contribution in [-0.2, 0) is 11.8 Å². The van der Waals surface area contributed by atoms with Crippen LogP contribution in [0.4, 0.5) is 8.78 Å². The van der Waals surface area contributed by atoms with Gasteiger partial charge >= 0.3 is 0 Å². The lowest BCUT2D eigenvalue weighted by atomic mass is 9.78. The van der Waals surface area contributed by atoms with E-state index in [0.29, 0.717) is 6.42 Å². The highest BCUT2D eigenvalue weighted by Gasteiger charge is 2.31. The summed E-state index contributed by atoms with van der Waals surface area (Å²) in [5, 5.41) is 0. The van der Waals surface area contributed by atoms with Gasteiger partial charge in [0.15, 0.2) is 0 Å². The van der Waals surface area contributed by atoms with Gasteiger partial charge in [0.1, 0.15) is 11.6 Å². The smallest absolute Gasteiger partial charge is 0.123 e. The van der Waals surface area contributed by atoms with Crippen LogP contribution in [0.3, 0.4) is 0 Å². The topological polar surface area (TPSA) is 0 Å². The van der Waals surface area contributed by atoms with Crippen molar-refractivity contribution in [1.29, 1.82) is 0 Å². The average molecular weight is 315 g/mol. The Kier molecular flexibility index (Phi) is 5.00. The minimum atomic E-state index is -0.566. The molecule has 0 aliphatic rings. The molecule has 0 unspecified atom stereocenters. The molecule has 2 aromatic carbocycles. The van der Waals surface area contributed by atoms with Gasteiger partial charge in [-0.05, 0) is 41.8 Å². The molecule has 106 valence electrons. The Morgan fingerprint density at radius 3 is 2.05 bits per heavy atom. The summed E-state index contributed by atoms with van der Waals surface area (Å²) in [6, 6.07) is 12.5. The fourth-order valence-electron chi connectivity index (χ4n) is 2.20. The molecule has 0 aromatic heterocycles. The maximum absolute atomic E-state index is 13.4. The summed E-state index contributed by atoms with van der Waals surface area (Å²) < 4.78 is 26.4. The van der Waals surface area contributed by atoms with Gasteiger partial charge in [-0.25, -0.2) is 8.78 Å². The summed E-state index contributed by atoms with van der Waals surface area (Å²) in [5.74, 6) is -0.0858. The molecule has 0 amide bonds. The Morgan fingerprint density at radius 2 is 1.50 bits per heavy atom. The monoisotopic (exact) mass is 314 g/mol. The van der Waals surface area contributed by atoms with Gasteiger partial charge < -0.3 is 0 Å². The van der Waals surface area contributed by atoms with Gasteiger partial charge in [0.2, 0.25) is 0 Å². The third-order valence-corrected chi connectivity index (χ3v) is 4.43. The fraction of sp³-hybridized carbons (Fsp3) is 0.250. The first kappa shape index (κ1) is 15.3. The van der Waals surface area contributed by atoms with Gasteiger partial charge in [-0.15, -0.1) is 23.2 Å². The zero-order chi connectivity index (χ0) is 14.6. The molecule has 0 spiro atoms. The highest BCUT2D eigenvalue weighted by atomic mass is 35.5. The van der Waals surface area contributed by atoms with Gasteiger partial charge in [0.25, 0.3) is 0 Å². The van der Waals surface area contributed by atoms with Crippen LogP contribution < -0.4 is 0 Å². The molecule has 0 bridgehead atoms. The molecule has 4 heteroatoms. The van der Waals surface area contributed by atoms with Crippen molar-refractivity contribution >= 4 is 23.2 Å². The normalized spacial score (nSPS) is 11.6. The summed E-state index contributed by atoms with van der Waals surface area (Å²) >= 11 is 12.2. The van der Waals surface area contributed by atoms with Crippen LogP contribution in [0.2, 0.25) is 0 Å². The number of alkyl halides is 2. The van der Waals surface area contributed by atoms with E-state index in [9.17, 15) is 8.78 Å². The molecule has 0 heterocycles. The van der Waals surface area contributed by atoms with Crippen LogP contribution in [-0.4, -0.2) is 11.8 Å². The van der Waals surface area contributed by atoms with Gasteiger partial charge in [-0.2, -0.15) is 0 Å². The third-order valence-electron chi connectivity index (χ3n) is 3.40. The molecule has 0 fully saturated rings. The van der Waals surface area contributed by atoms with E-state index < -0.39 is 5.41 Å². The van der Waals surface area contributed by atoms with Crippen molar-refractivity contribution in [2.45, 2.75) is 11.8 Å². The van der Waals surface area contributed by atoms with Crippen molar-refractivity contribution in [1.82, 2.24) is 0 Å². The lowest BCUT2D eigenvalue weighted by molar-refractivity contribution is 0.527. The van der Waals surface area contributed by atoms with Crippen molar-refractivity contribution in [2.24, 2.45) is 0 Å². The number of halogens is 4. The highest BCUT2D eigenvalue weighted by molar-refractivity contribution is 6.22. The molecule has 2 rings (SSSR count). The van der Waals surface area contributed by atoms with E-state index in [-0.39, 0.29) is 23.4 Å². The maximum atomic E-state index is 13.4. The summed E-state index contributed by atoms with van der Waals surface area (Å²) in [7, 11) is 0. The first-order valence-electron chi connectivity index (χ1n) is 6.22. The summed E-state index contributed by atoms with van der Waals surface area (Å²) in [6.07, 6.45) is 0.531. The molecule has 0 saturated carbocycles. The average Bonchev–Trinajstić information content (AvgIpc) is 2.47. The Hall–Kier alpha value is -1.12. The molecule has 0 aliphatic carbocycles. The summed E-state index contributed by atoms with van der Waals surface area (Å²) in [5.41, 5.74) is 1.10. The van der Waals surface area contributed by atoms with Crippen LogP contribution in [0.5, 0.6) is 0 Å². The predicted octanol–water partition coefficient (Wildman–Crippen LogP) is 4.92. The quantitative estimate of drug-likeness (QED) is 0.687. The van der Waals surface area contributed by atoms with Crippen molar-refractivity contribution < 1.29 is 8.78 Å². The van der Waals surface area contributed by atoms with Crippen LogP contribution in [0.25, 0.3) is 0 Å².